The van der Waals surface area contributed by atoms with Gasteiger partial charge in [-0.25, -0.2) is 9.97 Å². The van der Waals surface area contributed by atoms with Crippen LogP contribution in [0.3, 0.4) is 0 Å². The third-order valence-electron chi connectivity index (χ3n) is 1.43. The second kappa shape index (κ2) is 2.73. The molecule has 0 amide bonds. The van der Waals surface area contributed by atoms with Crippen molar-refractivity contribution in [3.63, 3.8) is 0 Å². The Hall–Kier alpha value is -1.71. The summed E-state index contributed by atoms with van der Waals surface area (Å²) in [7, 11) is 0. The van der Waals surface area contributed by atoms with E-state index in [1.165, 1.54) is 12.4 Å². The molecule has 3 nitrogen and oxygen atoms in total. The smallest absolute Gasteiger partial charge is 0.308 e. The molecule has 2 rings (SSSR count). The minimum Gasteiger partial charge on any atom is -0.464 e. The predicted octanol–water partition coefficient (Wildman–Crippen LogP) is 1.88. The van der Waals surface area contributed by atoms with Crippen molar-refractivity contribution in [3.8, 4) is 11.3 Å². The van der Waals surface area contributed by atoms with Gasteiger partial charge in [-0.3, -0.25) is 0 Å². The quantitative estimate of drug-likeness (QED) is 0.604. The van der Waals surface area contributed by atoms with Gasteiger partial charge in [0.05, 0.1) is 11.8 Å². The molecule has 0 aliphatic heterocycles. The third-order valence-corrected chi connectivity index (χ3v) is 1.43. The molecular formula is C8H5FN2O. The van der Waals surface area contributed by atoms with E-state index < -0.39 is 6.08 Å². The van der Waals surface area contributed by atoms with Gasteiger partial charge in [0.25, 0.3) is 0 Å². The van der Waals surface area contributed by atoms with Crippen molar-refractivity contribution in [1.29, 1.82) is 0 Å². The van der Waals surface area contributed by atoms with Crippen LogP contribution in [0.4, 0.5) is 4.39 Å². The Balaban J connectivity index is 2.43. The molecule has 2 aromatic rings. The molecule has 0 aliphatic carbocycles. The van der Waals surface area contributed by atoms with Gasteiger partial charge in [-0.2, -0.15) is 4.39 Å². The molecule has 0 aromatic carbocycles. The summed E-state index contributed by atoms with van der Waals surface area (Å²) in [5.41, 5.74) is 0.668. The third kappa shape index (κ3) is 1.18. The van der Waals surface area contributed by atoms with Gasteiger partial charge in [-0.15, -0.1) is 0 Å². The SMILES string of the molecule is Fc1ncc(-c2ccco2)cn1. The lowest BCUT2D eigenvalue weighted by Crippen LogP contribution is -1.87. The molecule has 0 radical (unpaired) electrons. The maximum Gasteiger partial charge on any atom is 0.308 e. The Labute approximate surface area is 67.9 Å². The van der Waals surface area contributed by atoms with Crippen LogP contribution in [0.1, 0.15) is 0 Å². The Morgan fingerprint density at radius 1 is 1.25 bits per heavy atom. The molecule has 2 aromatic heterocycles. The molecule has 0 aliphatic rings. The van der Waals surface area contributed by atoms with Crippen molar-refractivity contribution >= 4 is 0 Å². The first kappa shape index (κ1) is 6.97. The number of nitrogens with zero attached hydrogens (tertiary/aromatic N) is 2. The van der Waals surface area contributed by atoms with Crippen LogP contribution in [0.15, 0.2) is 35.2 Å². The minimum atomic E-state index is -0.731. The molecule has 4 heteroatoms. The number of hydrogen-bond donors (Lipinski definition) is 0. The second-order valence-corrected chi connectivity index (χ2v) is 2.22. The first-order valence-corrected chi connectivity index (χ1v) is 3.38. The van der Waals surface area contributed by atoms with Crippen LogP contribution >= 0.6 is 0 Å². The fourth-order valence-corrected chi connectivity index (χ4v) is 0.882. The number of halogens is 1. The number of hydrogen-bond acceptors (Lipinski definition) is 3. The Morgan fingerprint density at radius 2 is 2.00 bits per heavy atom. The number of furan rings is 1. The zero-order chi connectivity index (χ0) is 8.39. The van der Waals surface area contributed by atoms with Gasteiger partial charge in [-0.05, 0) is 12.1 Å². The summed E-state index contributed by atoms with van der Waals surface area (Å²) in [6.45, 7) is 0. The van der Waals surface area contributed by atoms with Crippen molar-refractivity contribution in [3.05, 3.63) is 36.9 Å². The van der Waals surface area contributed by atoms with Crippen LogP contribution in [0.2, 0.25) is 0 Å². The summed E-state index contributed by atoms with van der Waals surface area (Å²) in [6.07, 6.45) is 3.56. The molecule has 0 saturated heterocycles. The van der Waals surface area contributed by atoms with Gasteiger partial charge >= 0.3 is 6.08 Å². The van der Waals surface area contributed by atoms with Gasteiger partial charge in [-0.1, -0.05) is 0 Å². The highest BCUT2D eigenvalue weighted by Gasteiger charge is 2.00. The Kier molecular flexibility index (Phi) is 1.59. The van der Waals surface area contributed by atoms with Crippen LogP contribution < -0.4 is 0 Å². The molecule has 2 heterocycles. The number of rotatable bonds is 1. The Morgan fingerprint density at radius 3 is 2.58 bits per heavy atom. The van der Waals surface area contributed by atoms with Crippen LogP contribution in [0, 0.1) is 6.08 Å². The van der Waals surface area contributed by atoms with E-state index in [9.17, 15) is 4.39 Å². The number of aromatic nitrogens is 2. The average molecular weight is 164 g/mol. The Bertz CT molecular complexity index is 355. The summed E-state index contributed by atoms with van der Waals surface area (Å²) in [6, 6.07) is 3.51. The van der Waals surface area contributed by atoms with Crippen LogP contribution in [-0.2, 0) is 0 Å². The second-order valence-electron chi connectivity index (χ2n) is 2.22. The van der Waals surface area contributed by atoms with Gasteiger partial charge in [0.2, 0.25) is 0 Å². The molecule has 0 unspecified atom stereocenters. The molecule has 0 spiro atoms. The molecule has 0 saturated carbocycles. The van der Waals surface area contributed by atoms with E-state index in [-0.39, 0.29) is 0 Å². The maximum atomic E-state index is 12.3. The summed E-state index contributed by atoms with van der Waals surface area (Å²) in [4.78, 5) is 6.79. The maximum absolute atomic E-state index is 12.3. The lowest BCUT2D eigenvalue weighted by molar-refractivity contribution is 0.536. The molecule has 0 fully saturated rings. The highest BCUT2D eigenvalue weighted by atomic mass is 19.1. The van der Waals surface area contributed by atoms with E-state index in [4.69, 9.17) is 4.42 Å². The average Bonchev–Trinajstić information content (AvgIpc) is 2.58. The fraction of sp³-hybridized carbons (Fsp3) is 0. The van der Waals surface area contributed by atoms with Gasteiger partial charge in [0, 0.05) is 12.4 Å². The monoisotopic (exact) mass is 164 g/mol. The van der Waals surface area contributed by atoms with Crippen molar-refractivity contribution in [2.24, 2.45) is 0 Å². The summed E-state index contributed by atoms with van der Waals surface area (Å²) >= 11 is 0. The van der Waals surface area contributed by atoms with E-state index in [1.54, 1.807) is 18.4 Å². The molecule has 60 valence electrons. The highest BCUT2D eigenvalue weighted by molar-refractivity contribution is 5.53. The molecule has 0 atom stereocenters. The van der Waals surface area contributed by atoms with Crippen LogP contribution in [0.25, 0.3) is 11.3 Å². The normalized spacial score (nSPS) is 10.1. The van der Waals surface area contributed by atoms with Crippen LogP contribution in [-0.4, -0.2) is 9.97 Å². The summed E-state index contributed by atoms with van der Waals surface area (Å²) in [5.74, 6) is 0.634. The van der Waals surface area contributed by atoms with Crippen LogP contribution in [0.5, 0.6) is 0 Å². The zero-order valence-electron chi connectivity index (χ0n) is 6.07. The summed E-state index contributed by atoms with van der Waals surface area (Å²) < 4.78 is 17.3. The van der Waals surface area contributed by atoms with E-state index >= 15 is 0 Å². The van der Waals surface area contributed by atoms with E-state index in [2.05, 4.69) is 9.97 Å². The minimum absolute atomic E-state index is 0.634. The van der Waals surface area contributed by atoms with Crippen molar-refractivity contribution in [2.45, 2.75) is 0 Å². The van der Waals surface area contributed by atoms with Crippen molar-refractivity contribution < 1.29 is 8.81 Å². The van der Waals surface area contributed by atoms with E-state index in [0.29, 0.717) is 11.3 Å². The largest absolute Gasteiger partial charge is 0.464 e. The predicted molar refractivity (Wildman–Crippen MR) is 39.7 cm³/mol. The lowest BCUT2D eigenvalue weighted by Gasteiger charge is -1.92. The zero-order valence-corrected chi connectivity index (χ0v) is 6.07. The highest BCUT2D eigenvalue weighted by Crippen LogP contribution is 2.16. The topological polar surface area (TPSA) is 38.9 Å². The standard InChI is InChI=1S/C8H5FN2O/c9-8-10-4-6(5-11-8)7-2-1-3-12-7/h1-5H. The molecular weight excluding hydrogens is 159 g/mol. The lowest BCUT2D eigenvalue weighted by atomic mass is 10.3. The van der Waals surface area contributed by atoms with Gasteiger partial charge in [0.1, 0.15) is 5.76 Å². The fourth-order valence-electron chi connectivity index (χ4n) is 0.882. The van der Waals surface area contributed by atoms with E-state index in [0.717, 1.165) is 0 Å². The van der Waals surface area contributed by atoms with Gasteiger partial charge < -0.3 is 4.42 Å². The summed E-state index contributed by atoms with van der Waals surface area (Å²) in [5, 5.41) is 0. The molecule has 0 bridgehead atoms. The first-order chi connectivity index (χ1) is 5.86. The van der Waals surface area contributed by atoms with Crippen molar-refractivity contribution in [2.75, 3.05) is 0 Å². The molecule has 0 N–H and O–H groups in total. The molecule has 12 heavy (non-hydrogen) atoms. The van der Waals surface area contributed by atoms with Crippen molar-refractivity contribution in [1.82, 2.24) is 9.97 Å². The first-order valence-electron chi connectivity index (χ1n) is 3.38. The van der Waals surface area contributed by atoms with E-state index in [1.807, 2.05) is 0 Å². The van der Waals surface area contributed by atoms with Gasteiger partial charge in [0.15, 0.2) is 0 Å².